The van der Waals surface area contributed by atoms with Crippen molar-refractivity contribution >= 4 is 17.6 Å². The van der Waals surface area contributed by atoms with Gasteiger partial charge in [-0.2, -0.15) is 0 Å². The van der Waals surface area contributed by atoms with Crippen LogP contribution < -0.4 is 9.84 Å². The van der Waals surface area contributed by atoms with E-state index in [9.17, 15) is 9.90 Å². The Balaban J connectivity index is 2.84. The monoisotopic (exact) mass is 227 g/mol. The van der Waals surface area contributed by atoms with Crippen molar-refractivity contribution < 1.29 is 14.6 Å². The topological polar surface area (TPSA) is 49.4 Å². The highest BCUT2D eigenvalue weighted by Crippen LogP contribution is 2.23. The summed E-state index contributed by atoms with van der Waals surface area (Å²) in [6.07, 6.45) is -0.547. The standard InChI is InChI=1S/C11H13ClO3/c1-3-9(11(13)14)15-10-5-4-8(12)6-7(10)2/h4-6,9H,3H2,1-2H3,(H,13,14)/p-1. The fraction of sp³-hybridized carbons (Fsp3) is 0.364. The number of hydrogen-bond donors (Lipinski definition) is 0. The molecule has 1 aromatic carbocycles. The van der Waals surface area contributed by atoms with E-state index in [-0.39, 0.29) is 0 Å². The second-order valence-corrected chi connectivity index (χ2v) is 3.68. The van der Waals surface area contributed by atoms with Crippen molar-refractivity contribution in [3.8, 4) is 5.75 Å². The van der Waals surface area contributed by atoms with E-state index in [4.69, 9.17) is 16.3 Å². The van der Waals surface area contributed by atoms with Crippen LogP contribution in [0.2, 0.25) is 5.02 Å². The molecule has 0 aromatic heterocycles. The van der Waals surface area contributed by atoms with Gasteiger partial charge in [-0.15, -0.1) is 0 Å². The Labute approximate surface area is 93.6 Å². The second-order valence-electron chi connectivity index (χ2n) is 3.24. The maximum absolute atomic E-state index is 10.7. The number of aryl methyl sites for hydroxylation is 1. The van der Waals surface area contributed by atoms with Crippen LogP contribution in [0.3, 0.4) is 0 Å². The maximum atomic E-state index is 10.7. The van der Waals surface area contributed by atoms with Gasteiger partial charge in [-0.3, -0.25) is 0 Å². The summed E-state index contributed by atoms with van der Waals surface area (Å²) in [4.78, 5) is 10.7. The van der Waals surface area contributed by atoms with Gasteiger partial charge in [0, 0.05) is 5.02 Å². The molecule has 1 unspecified atom stereocenters. The van der Waals surface area contributed by atoms with Crippen LogP contribution in [-0.4, -0.2) is 12.1 Å². The van der Waals surface area contributed by atoms with Gasteiger partial charge in [0.1, 0.15) is 11.9 Å². The zero-order valence-electron chi connectivity index (χ0n) is 8.62. The molecule has 3 nitrogen and oxygen atoms in total. The number of carboxylic acids is 1. The summed E-state index contributed by atoms with van der Waals surface area (Å²) in [5.74, 6) is -0.678. The minimum atomic E-state index is -1.20. The van der Waals surface area contributed by atoms with Gasteiger partial charge in [0.05, 0.1) is 5.97 Å². The summed E-state index contributed by atoms with van der Waals surface area (Å²) >= 11 is 5.77. The van der Waals surface area contributed by atoms with Crippen molar-refractivity contribution in [2.24, 2.45) is 0 Å². The van der Waals surface area contributed by atoms with Crippen LogP contribution in [0.25, 0.3) is 0 Å². The first kappa shape index (κ1) is 11.9. The molecule has 1 aromatic rings. The molecule has 0 aliphatic heterocycles. The van der Waals surface area contributed by atoms with E-state index in [1.165, 1.54) is 0 Å². The van der Waals surface area contributed by atoms with Crippen LogP contribution in [0.15, 0.2) is 18.2 Å². The van der Waals surface area contributed by atoms with E-state index in [0.717, 1.165) is 5.56 Å². The summed E-state index contributed by atoms with van der Waals surface area (Å²) in [6, 6.07) is 5.04. The van der Waals surface area contributed by atoms with Gasteiger partial charge in [-0.05, 0) is 37.1 Å². The second kappa shape index (κ2) is 5.03. The third-order valence-electron chi connectivity index (χ3n) is 2.04. The van der Waals surface area contributed by atoms with E-state index in [1.807, 2.05) is 6.92 Å². The number of carbonyl (C=O) groups excluding carboxylic acids is 1. The summed E-state index contributed by atoms with van der Waals surface area (Å²) in [5.41, 5.74) is 0.808. The first-order valence-corrected chi connectivity index (χ1v) is 5.06. The summed E-state index contributed by atoms with van der Waals surface area (Å²) in [7, 11) is 0. The molecule has 0 radical (unpaired) electrons. The van der Waals surface area contributed by atoms with Crippen molar-refractivity contribution in [1.82, 2.24) is 0 Å². The van der Waals surface area contributed by atoms with Crippen LogP contribution in [0.1, 0.15) is 18.9 Å². The van der Waals surface area contributed by atoms with E-state index in [2.05, 4.69) is 0 Å². The maximum Gasteiger partial charge on any atom is 0.138 e. The van der Waals surface area contributed by atoms with Crippen LogP contribution >= 0.6 is 11.6 Å². The molecule has 0 aliphatic rings. The zero-order valence-corrected chi connectivity index (χ0v) is 9.38. The molecular formula is C11H12ClO3-. The summed E-state index contributed by atoms with van der Waals surface area (Å²) < 4.78 is 5.29. The molecule has 0 spiro atoms. The Morgan fingerprint density at radius 3 is 2.73 bits per heavy atom. The smallest absolute Gasteiger partial charge is 0.138 e. The number of carboxylic acid groups (broad SMARTS) is 1. The molecule has 15 heavy (non-hydrogen) atoms. The van der Waals surface area contributed by atoms with Gasteiger partial charge in [-0.25, -0.2) is 0 Å². The summed E-state index contributed by atoms with van der Waals surface area (Å²) in [6.45, 7) is 3.54. The molecule has 1 rings (SSSR count). The number of ether oxygens (including phenoxy) is 1. The summed E-state index contributed by atoms with van der Waals surface area (Å²) in [5, 5.41) is 11.2. The van der Waals surface area contributed by atoms with Crippen LogP contribution in [0, 0.1) is 6.92 Å². The average molecular weight is 228 g/mol. The quantitative estimate of drug-likeness (QED) is 0.784. The van der Waals surface area contributed by atoms with Crippen molar-refractivity contribution in [2.45, 2.75) is 26.4 Å². The average Bonchev–Trinajstić information content (AvgIpc) is 2.16. The predicted molar refractivity (Wildman–Crippen MR) is 55.9 cm³/mol. The molecule has 0 fully saturated rings. The number of rotatable bonds is 4. The number of hydrogen-bond acceptors (Lipinski definition) is 3. The predicted octanol–water partition coefficient (Wildman–Crippen LogP) is 1.56. The fourth-order valence-corrected chi connectivity index (χ4v) is 1.42. The first-order valence-electron chi connectivity index (χ1n) is 4.68. The zero-order chi connectivity index (χ0) is 11.4. The van der Waals surface area contributed by atoms with Crippen molar-refractivity contribution in [2.75, 3.05) is 0 Å². The lowest BCUT2D eigenvalue weighted by Gasteiger charge is -2.19. The third-order valence-corrected chi connectivity index (χ3v) is 2.27. The van der Waals surface area contributed by atoms with E-state index in [1.54, 1.807) is 25.1 Å². The lowest BCUT2D eigenvalue weighted by atomic mass is 10.2. The highest BCUT2D eigenvalue weighted by molar-refractivity contribution is 6.30. The molecule has 0 heterocycles. The van der Waals surface area contributed by atoms with E-state index in [0.29, 0.717) is 17.2 Å². The highest BCUT2D eigenvalue weighted by atomic mass is 35.5. The van der Waals surface area contributed by atoms with Gasteiger partial charge in [0.15, 0.2) is 0 Å². The van der Waals surface area contributed by atoms with Crippen molar-refractivity contribution in [3.63, 3.8) is 0 Å². The van der Waals surface area contributed by atoms with Gasteiger partial charge in [0.2, 0.25) is 0 Å². The molecule has 0 aliphatic carbocycles. The molecule has 0 saturated heterocycles. The normalized spacial score (nSPS) is 12.2. The molecule has 4 heteroatoms. The van der Waals surface area contributed by atoms with Crippen LogP contribution in [-0.2, 0) is 4.79 Å². The number of halogens is 1. The molecule has 0 bridgehead atoms. The number of aliphatic carboxylic acids is 1. The Kier molecular flexibility index (Phi) is 3.97. The van der Waals surface area contributed by atoms with Crippen LogP contribution in [0.4, 0.5) is 0 Å². The largest absolute Gasteiger partial charge is 0.546 e. The van der Waals surface area contributed by atoms with Crippen molar-refractivity contribution in [1.29, 1.82) is 0 Å². The Morgan fingerprint density at radius 2 is 2.27 bits per heavy atom. The van der Waals surface area contributed by atoms with E-state index >= 15 is 0 Å². The molecular weight excluding hydrogens is 216 g/mol. The lowest BCUT2D eigenvalue weighted by molar-refractivity contribution is -0.313. The fourth-order valence-electron chi connectivity index (χ4n) is 1.20. The molecule has 1 atom stereocenters. The van der Waals surface area contributed by atoms with Gasteiger partial charge < -0.3 is 14.6 Å². The van der Waals surface area contributed by atoms with E-state index < -0.39 is 12.1 Å². The Hall–Kier alpha value is -1.22. The van der Waals surface area contributed by atoms with Crippen molar-refractivity contribution in [3.05, 3.63) is 28.8 Å². The minimum Gasteiger partial charge on any atom is -0.546 e. The molecule has 0 N–H and O–H groups in total. The number of carbonyl (C=O) groups is 1. The highest BCUT2D eigenvalue weighted by Gasteiger charge is 2.10. The van der Waals surface area contributed by atoms with Crippen LogP contribution in [0.5, 0.6) is 5.75 Å². The Morgan fingerprint density at radius 1 is 1.60 bits per heavy atom. The third kappa shape index (κ3) is 3.13. The molecule has 0 amide bonds. The number of benzene rings is 1. The molecule has 82 valence electrons. The van der Waals surface area contributed by atoms with Gasteiger partial charge in [-0.1, -0.05) is 18.5 Å². The van der Waals surface area contributed by atoms with Gasteiger partial charge >= 0.3 is 0 Å². The minimum absolute atomic E-state index is 0.365. The first-order chi connectivity index (χ1) is 7.04. The Bertz CT molecular complexity index is 363. The SMILES string of the molecule is CCC(Oc1ccc(Cl)cc1C)C(=O)[O-]. The molecule has 0 saturated carbocycles. The van der Waals surface area contributed by atoms with Gasteiger partial charge in [0.25, 0.3) is 0 Å². The lowest BCUT2D eigenvalue weighted by Crippen LogP contribution is -2.39.